The summed E-state index contributed by atoms with van der Waals surface area (Å²) in [5, 5.41) is 57.0. The van der Waals surface area contributed by atoms with Gasteiger partial charge in [-0.2, -0.15) is 0 Å². The number of para-hydroxylation sites is 2. The molecule has 2 aromatic carbocycles. The summed E-state index contributed by atoms with van der Waals surface area (Å²) in [6.45, 7) is 1.85. The van der Waals surface area contributed by atoms with E-state index in [1.165, 1.54) is 43.3 Å². The summed E-state index contributed by atoms with van der Waals surface area (Å²) >= 11 is 0. The third-order valence-electron chi connectivity index (χ3n) is 6.88. The van der Waals surface area contributed by atoms with Crippen molar-refractivity contribution < 1.29 is 44.8 Å². The van der Waals surface area contributed by atoms with Gasteiger partial charge in [0.05, 0.1) is 17.7 Å². The van der Waals surface area contributed by atoms with Gasteiger partial charge >= 0.3 is 0 Å². The predicted octanol–water partition coefficient (Wildman–Crippen LogP) is 1.45. The molecular weight excluding hydrogens is 562 g/mol. The number of phenolic OH excluding ortho intramolecular Hbond substituents is 4. The van der Waals surface area contributed by atoms with Gasteiger partial charge in [0, 0.05) is 38.5 Å². The molecule has 0 aliphatic rings. The van der Waals surface area contributed by atoms with Crippen LogP contribution in [0.5, 0.6) is 23.0 Å². The molecule has 0 radical (unpaired) electrons. The number of nitrogens with one attached hydrogen (secondary N) is 3. The lowest BCUT2D eigenvalue weighted by molar-refractivity contribution is -0.163. The number of nitrogens with zero attached hydrogens (tertiary/aromatic N) is 1. The van der Waals surface area contributed by atoms with Crippen LogP contribution in [-0.2, 0) is 9.59 Å². The van der Waals surface area contributed by atoms with Gasteiger partial charge < -0.3 is 42.1 Å². The maximum Gasteiger partial charge on any atom is 0.255 e. The van der Waals surface area contributed by atoms with Crippen LogP contribution >= 0.6 is 0 Å². The molecular formula is C29H41N5O9. The minimum absolute atomic E-state index is 0.0594. The molecule has 0 bridgehead atoms. The average Bonchev–Trinajstić information content (AvgIpc) is 2.97. The van der Waals surface area contributed by atoms with Crippen molar-refractivity contribution in [3.63, 3.8) is 0 Å². The highest BCUT2D eigenvalue weighted by molar-refractivity contribution is 5.98. The zero-order valence-corrected chi connectivity index (χ0v) is 24.1. The minimum Gasteiger partial charge on any atom is -0.504 e. The molecule has 0 aliphatic heterocycles. The van der Waals surface area contributed by atoms with E-state index in [0.717, 1.165) is 0 Å². The SMILES string of the molecule is CC(=O)N(O)CCC(=O)NCCCC(N)(CCCNC(=O)c1cccc(O)c1O)CCCNC(=O)c1cccc(O)c1O. The van der Waals surface area contributed by atoms with E-state index in [9.17, 15) is 44.8 Å². The largest absolute Gasteiger partial charge is 0.504 e. The molecule has 14 nitrogen and oxygen atoms in total. The normalized spacial score (nSPS) is 11.0. The average molecular weight is 604 g/mol. The lowest BCUT2D eigenvalue weighted by atomic mass is 9.84. The van der Waals surface area contributed by atoms with Crippen molar-refractivity contribution in [2.24, 2.45) is 5.73 Å². The highest BCUT2D eigenvalue weighted by Gasteiger charge is 2.24. The second-order valence-corrected chi connectivity index (χ2v) is 10.3. The van der Waals surface area contributed by atoms with Crippen LogP contribution in [0.25, 0.3) is 0 Å². The van der Waals surface area contributed by atoms with Crippen molar-refractivity contribution in [1.29, 1.82) is 0 Å². The lowest BCUT2D eigenvalue weighted by Crippen LogP contribution is -2.42. The van der Waals surface area contributed by atoms with E-state index >= 15 is 0 Å². The van der Waals surface area contributed by atoms with Gasteiger partial charge in [0.15, 0.2) is 23.0 Å². The number of carbonyl (C=O) groups excluding carboxylic acids is 4. The fourth-order valence-corrected chi connectivity index (χ4v) is 4.40. The van der Waals surface area contributed by atoms with Crippen LogP contribution in [0, 0.1) is 0 Å². The number of benzene rings is 2. The minimum atomic E-state index is -0.725. The van der Waals surface area contributed by atoms with E-state index in [2.05, 4.69) is 16.0 Å². The summed E-state index contributed by atoms with van der Waals surface area (Å²) in [4.78, 5) is 47.9. The molecule has 2 rings (SSSR count). The summed E-state index contributed by atoms with van der Waals surface area (Å²) < 4.78 is 0. The Bertz CT molecular complexity index is 1200. The van der Waals surface area contributed by atoms with Gasteiger partial charge in [0.2, 0.25) is 11.8 Å². The van der Waals surface area contributed by atoms with Crippen LogP contribution in [0.15, 0.2) is 36.4 Å². The monoisotopic (exact) mass is 603 g/mol. The van der Waals surface area contributed by atoms with E-state index in [0.29, 0.717) is 50.1 Å². The standard InChI is InChI=1S/C29H41N5O9/c1-19(35)34(43)18-11-24(38)31-15-4-12-29(30,13-5-16-32-27(41)20-7-2-9-22(36)25(20)39)14-6-17-33-28(42)21-8-3-10-23(37)26(21)40/h2-3,7-10,36-37,39-40,43H,4-6,11-18,30H2,1H3,(H,31,38)(H,32,41)(H,33,42). The van der Waals surface area contributed by atoms with Crippen LogP contribution in [0.1, 0.15) is 72.6 Å². The zero-order valence-electron chi connectivity index (χ0n) is 24.1. The molecule has 236 valence electrons. The van der Waals surface area contributed by atoms with Gasteiger partial charge in [0.1, 0.15) is 0 Å². The van der Waals surface area contributed by atoms with Gasteiger partial charge in [-0.3, -0.25) is 24.4 Å². The second-order valence-electron chi connectivity index (χ2n) is 10.3. The number of phenols is 4. The number of aromatic hydroxyl groups is 4. The topological polar surface area (TPSA) is 235 Å². The van der Waals surface area contributed by atoms with Crippen LogP contribution in [0.2, 0.25) is 0 Å². The molecule has 0 saturated heterocycles. The van der Waals surface area contributed by atoms with Gasteiger partial charge in [0.25, 0.3) is 11.8 Å². The Hall–Kier alpha value is -4.56. The molecule has 0 spiro atoms. The summed E-state index contributed by atoms with van der Waals surface area (Å²) in [5.74, 6) is -3.83. The molecule has 0 heterocycles. The Balaban J connectivity index is 1.89. The summed E-state index contributed by atoms with van der Waals surface area (Å²) in [6.07, 6.45) is 2.87. The molecule has 0 saturated carbocycles. The summed E-state index contributed by atoms with van der Waals surface area (Å²) in [7, 11) is 0. The van der Waals surface area contributed by atoms with Crippen LogP contribution in [0.4, 0.5) is 0 Å². The molecule has 14 heteroatoms. The maximum atomic E-state index is 12.4. The molecule has 10 N–H and O–H groups in total. The van der Waals surface area contributed by atoms with Crippen molar-refractivity contribution in [2.45, 2.75) is 57.4 Å². The van der Waals surface area contributed by atoms with E-state index in [-0.39, 0.29) is 43.1 Å². The first-order chi connectivity index (χ1) is 20.3. The maximum absolute atomic E-state index is 12.4. The van der Waals surface area contributed by atoms with Gasteiger partial charge in [-0.25, -0.2) is 5.06 Å². The molecule has 43 heavy (non-hydrogen) atoms. The number of hydrogen-bond donors (Lipinski definition) is 9. The Labute approximate surface area is 249 Å². The fraction of sp³-hybridized carbons (Fsp3) is 0.448. The third-order valence-corrected chi connectivity index (χ3v) is 6.88. The molecule has 4 amide bonds. The quantitative estimate of drug-likeness (QED) is 0.0546. The Morgan fingerprint density at radius 3 is 1.58 bits per heavy atom. The molecule has 0 atom stereocenters. The number of nitrogens with two attached hydrogens (primary N) is 1. The smallest absolute Gasteiger partial charge is 0.255 e. The highest BCUT2D eigenvalue weighted by atomic mass is 16.5. The van der Waals surface area contributed by atoms with E-state index < -0.39 is 46.3 Å². The first kappa shape index (κ1) is 34.6. The van der Waals surface area contributed by atoms with Gasteiger partial charge in [-0.05, 0) is 62.8 Å². The number of rotatable bonds is 17. The Morgan fingerprint density at radius 2 is 1.16 bits per heavy atom. The number of carbonyl (C=O) groups is 4. The van der Waals surface area contributed by atoms with Crippen LogP contribution < -0.4 is 21.7 Å². The molecule has 0 aromatic heterocycles. The van der Waals surface area contributed by atoms with Crippen molar-refractivity contribution >= 4 is 23.6 Å². The van der Waals surface area contributed by atoms with E-state index in [1.54, 1.807) is 0 Å². The van der Waals surface area contributed by atoms with Crippen molar-refractivity contribution in [3.8, 4) is 23.0 Å². The van der Waals surface area contributed by atoms with Gasteiger partial charge in [-0.1, -0.05) is 12.1 Å². The third kappa shape index (κ3) is 11.3. The Kier molecular flexibility index (Phi) is 13.5. The van der Waals surface area contributed by atoms with Crippen molar-refractivity contribution in [2.75, 3.05) is 26.2 Å². The molecule has 2 aromatic rings. The Morgan fingerprint density at radius 1 is 0.744 bits per heavy atom. The molecule has 0 fully saturated rings. The first-order valence-electron chi connectivity index (χ1n) is 14.0. The van der Waals surface area contributed by atoms with E-state index in [4.69, 9.17) is 5.73 Å². The summed E-state index contributed by atoms with van der Waals surface area (Å²) in [5.41, 5.74) is 5.89. The fourth-order valence-electron chi connectivity index (χ4n) is 4.40. The first-order valence-corrected chi connectivity index (χ1v) is 14.0. The summed E-state index contributed by atoms with van der Waals surface area (Å²) in [6, 6.07) is 8.18. The lowest BCUT2D eigenvalue weighted by Gasteiger charge is -2.30. The van der Waals surface area contributed by atoms with E-state index in [1.807, 2.05) is 0 Å². The molecule has 0 unspecified atom stereocenters. The number of amides is 4. The number of hydrogen-bond acceptors (Lipinski definition) is 10. The van der Waals surface area contributed by atoms with Crippen molar-refractivity contribution in [3.05, 3.63) is 47.5 Å². The van der Waals surface area contributed by atoms with Gasteiger partial charge in [-0.15, -0.1) is 0 Å². The second kappa shape index (κ2) is 16.8. The zero-order chi connectivity index (χ0) is 32.0. The van der Waals surface area contributed by atoms with Crippen molar-refractivity contribution in [1.82, 2.24) is 21.0 Å². The molecule has 0 aliphatic carbocycles. The predicted molar refractivity (Wildman–Crippen MR) is 156 cm³/mol. The van der Waals surface area contributed by atoms with Crippen LogP contribution in [-0.4, -0.2) is 86.0 Å². The van der Waals surface area contributed by atoms with Crippen LogP contribution in [0.3, 0.4) is 0 Å². The highest BCUT2D eigenvalue weighted by Crippen LogP contribution is 2.29. The number of hydroxylamine groups is 2.